The summed E-state index contributed by atoms with van der Waals surface area (Å²) in [5.74, 6) is -1.88. The maximum atomic E-state index is 12.3. The molecule has 0 spiro atoms. The predicted octanol–water partition coefficient (Wildman–Crippen LogP) is 2.40. The molecule has 0 unspecified atom stereocenters. The van der Waals surface area contributed by atoms with E-state index in [-0.39, 0.29) is 18.1 Å². The van der Waals surface area contributed by atoms with Crippen molar-refractivity contribution >= 4 is 29.0 Å². The van der Waals surface area contributed by atoms with Gasteiger partial charge in [0.1, 0.15) is 0 Å². The number of nitrogens with one attached hydrogen (secondary N) is 2. The number of Topliss-reactive ketones (excluding diaryl/α,β-unsaturated/α-hetero) is 1. The van der Waals surface area contributed by atoms with Crippen molar-refractivity contribution in [1.82, 2.24) is 0 Å². The molecule has 7 nitrogen and oxygen atoms in total. The van der Waals surface area contributed by atoms with Gasteiger partial charge in [0.05, 0.1) is 0 Å². The van der Waals surface area contributed by atoms with Crippen molar-refractivity contribution in [2.75, 3.05) is 23.8 Å². The standard InChI is InChI=1S/C20H18N2O5/c1-13-7-5-6-10-15(13)22-17(24)12-27-20(25)18-16(23)11-26-19(18)21-14-8-3-2-4-9-14/h2-10,21H,11-12H2,1H3,(H,22,24). The molecule has 27 heavy (non-hydrogen) atoms. The Bertz CT molecular complexity index is 906. The molecule has 138 valence electrons. The van der Waals surface area contributed by atoms with Crippen molar-refractivity contribution in [2.24, 2.45) is 0 Å². The van der Waals surface area contributed by atoms with Gasteiger partial charge in [-0.3, -0.25) is 9.59 Å². The summed E-state index contributed by atoms with van der Waals surface area (Å²) in [5, 5.41) is 5.53. The highest BCUT2D eigenvalue weighted by atomic mass is 16.5. The van der Waals surface area contributed by atoms with Crippen molar-refractivity contribution in [1.29, 1.82) is 0 Å². The van der Waals surface area contributed by atoms with Crippen molar-refractivity contribution < 1.29 is 23.9 Å². The first-order chi connectivity index (χ1) is 13.0. The molecule has 1 aliphatic heterocycles. The van der Waals surface area contributed by atoms with Crippen LogP contribution < -0.4 is 10.6 Å². The number of hydrogen-bond acceptors (Lipinski definition) is 6. The molecule has 7 heteroatoms. The lowest BCUT2D eigenvalue weighted by atomic mass is 10.2. The zero-order chi connectivity index (χ0) is 19.2. The van der Waals surface area contributed by atoms with Gasteiger partial charge in [0.25, 0.3) is 5.91 Å². The fraction of sp³-hybridized carbons (Fsp3) is 0.150. The van der Waals surface area contributed by atoms with Gasteiger partial charge >= 0.3 is 5.97 Å². The number of para-hydroxylation sites is 2. The topological polar surface area (TPSA) is 93.7 Å². The summed E-state index contributed by atoms with van der Waals surface area (Å²) in [4.78, 5) is 36.3. The van der Waals surface area contributed by atoms with E-state index in [1.165, 1.54) is 0 Å². The van der Waals surface area contributed by atoms with Gasteiger partial charge in [-0.2, -0.15) is 0 Å². The highest BCUT2D eigenvalue weighted by Crippen LogP contribution is 2.20. The minimum absolute atomic E-state index is 0.0236. The number of esters is 1. The largest absolute Gasteiger partial charge is 0.470 e. The van der Waals surface area contributed by atoms with Crippen LogP contribution in [-0.2, 0) is 23.9 Å². The molecule has 0 saturated carbocycles. The molecular weight excluding hydrogens is 348 g/mol. The highest BCUT2D eigenvalue weighted by Gasteiger charge is 2.32. The molecule has 1 heterocycles. The summed E-state index contributed by atoms with van der Waals surface area (Å²) < 4.78 is 10.2. The van der Waals surface area contributed by atoms with Gasteiger partial charge in [-0.15, -0.1) is 0 Å². The lowest BCUT2D eigenvalue weighted by Gasteiger charge is -2.10. The molecule has 0 bridgehead atoms. The molecule has 0 fully saturated rings. The van der Waals surface area contributed by atoms with Crippen LogP contribution in [0.1, 0.15) is 5.56 Å². The SMILES string of the molecule is Cc1ccccc1NC(=O)COC(=O)C1=C(Nc2ccccc2)OCC1=O. The number of benzene rings is 2. The summed E-state index contributed by atoms with van der Waals surface area (Å²) in [6, 6.07) is 16.2. The second kappa shape index (κ2) is 8.18. The Labute approximate surface area is 156 Å². The molecule has 0 radical (unpaired) electrons. The highest BCUT2D eigenvalue weighted by molar-refractivity contribution is 6.20. The van der Waals surface area contributed by atoms with E-state index in [0.717, 1.165) is 5.56 Å². The molecule has 2 aromatic carbocycles. The first-order valence-corrected chi connectivity index (χ1v) is 8.29. The van der Waals surface area contributed by atoms with Crippen LogP contribution in [0.3, 0.4) is 0 Å². The van der Waals surface area contributed by atoms with Gasteiger partial charge in [-0.05, 0) is 30.7 Å². The molecule has 2 aromatic rings. The Hall–Kier alpha value is -3.61. The van der Waals surface area contributed by atoms with Crippen molar-refractivity contribution in [3.8, 4) is 0 Å². The van der Waals surface area contributed by atoms with Gasteiger partial charge in [0.15, 0.2) is 18.8 Å². The average molecular weight is 366 g/mol. The van der Waals surface area contributed by atoms with E-state index in [9.17, 15) is 14.4 Å². The number of rotatable bonds is 6. The second-order valence-corrected chi connectivity index (χ2v) is 5.85. The first kappa shape index (κ1) is 18.2. The summed E-state index contributed by atoms with van der Waals surface area (Å²) in [6.45, 7) is 1.08. The van der Waals surface area contributed by atoms with Crippen LogP contribution in [-0.4, -0.2) is 30.9 Å². The van der Waals surface area contributed by atoms with E-state index < -0.39 is 24.3 Å². The number of ketones is 1. The third kappa shape index (κ3) is 4.52. The molecular formula is C20H18N2O5. The average Bonchev–Trinajstić information content (AvgIpc) is 3.03. The Kier molecular flexibility index (Phi) is 5.51. The third-order valence-corrected chi connectivity index (χ3v) is 3.84. The molecule has 0 aromatic heterocycles. The zero-order valence-electron chi connectivity index (χ0n) is 14.7. The molecule has 0 aliphatic carbocycles. The summed E-state index contributed by atoms with van der Waals surface area (Å²) in [7, 11) is 0. The van der Waals surface area contributed by atoms with E-state index in [2.05, 4.69) is 10.6 Å². The number of amides is 1. The number of anilines is 2. The maximum absolute atomic E-state index is 12.3. The summed E-state index contributed by atoms with van der Waals surface area (Å²) >= 11 is 0. The smallest absolute Gasteiger partial charge is 0.347 e. The lowest BCUT2D eigenvalue weighted by Crippen LogP contribution is -2.24. The molecule has 0 saturated heterocycles. The van der Waals surface area contributed by atoms with Crippen LogP contribution in [0.4, 0.5) is 11.4 Å². The normalized spacial score (nSPS) is 13.1. The van der Waals surface area contributed by atoms with Crippen LogP contribution in [0.15, 0.2) is 66.1 Å². The van der Waals surface area contributed by atoms with Gasteiger partial charge in [0.2, 0.25) is 11.7 Å². The first-order valence-electron chi connectivity index (χ1n) is 8.29. The Morgan fingerprint density at radius 2 is 1.78 bits per heavy atom. The Morgan fingerprint density at radius 3 is 2.52 bits per heavy atom. The molecule has 2 N–H and O–H groups in total. The van der Waals surface area contributed by atoms with E-state index >= 15 is 0 Å². The number of hydrogen-bond donors (Lipinski definition) is 2. The monoisotopic (exact) mass is 366 g/mol. The predicted molar refractivity (Wildman–Crippen MR) is 98.8 cm³/mol. The van der Waals surface area contributed by atoms with Crippen LogP contribution >= 0.6 is 0 Å². The molecule has 1 amide bonds. The molecule has 0 atom stereocenters. The lowest BCUT2D eigenvalue weighted by molar-refractivity contribution is -0.144. The number of carbonyl (C=O) groups is 3. The zero-order valence-corrected chi connectivity index (χ0v) is 14.7. The molecule has 1 aliphatic rings. The van der Waals surface area contributed by atoms with E-state index in [4.69, 9.17) is 9.47 Å². The Balaban J connectivity index is 1.63. The van der Waals surface area contributed by atoms with Crippen molar-refractivity contribution in [2.45, 2.75) is 6.92 Å². The quantitative estimate of drug-likeness (QED) is 0.602. The van der Waals surface area contributed by atoms with Gasteiger partial charge in [0, 0.05) is 11.4 Å². The van der Waals surface area contributed by atoms with Crippen LogP contribution in [0, 0.1) is 6.92 Å². The van der Waals surface area contributed by atoms with Crippen LogP contribution in [0.2, 0.25) is 0 Å². The third-order valence-electron chi connectivity index (χ3n) is 3.84. The Morgan fingerprint density at radius 1 is 1.07 bits per heavy atom. The van der Waals surface area contributed by atoms with Gasteiger partial charge in [-0.25, -0.2) is 4.79 Å². The van der Waals surface area contributed by atoms with E-state index in [1.54, 1.807) is 36.4 Å². The summed E-state index contributed by atoms with van der Waals surface area (Å²) in [6.07, 6.45) is 0. The van der Waals surface area contributed by atoms with Gasteiger partial charge < -0.3 is 20.1 Å². The fourth-order valence-electron chi connectivity index (χ4n) is 2.47. The fourth-order valence-corrected chi connectivity index (χ4v) is 2.47. The molecule has 3 rings (SSSR count). The number of ether oxygens (including phenoxy) is 2. The van der Waals surface area contributed by atoms with Crippen molar-refractivity contribution in [3.63, 3.8) is 0 Å². The van der Waals surface area contributed by atoms with Crippen LogP contribution in [0.25, 0.3) is 0 Å². The minimum Gasteiger partial charge on any atom is -0.470 e. The minimum atomic E-state index is -0.907. The van der Waals surface area contributed by atoms with Crippen LogP contribution in [0.5, 0.6) is 0 Å². The van der Waals surface area contributed by atoms with E-state index in [0.29, 0.717) is 11.4 Å². The second-order valence-electron chi connectivity index (χ2n) is 5.85. The maximum Gasteiger partial charge on any atom is 0.347 e. The summed E-state index contributed by atoms with van der Waals surface area (Å²) in [5.41, 5.74) is 1.94. The number of carbonyl (C=O) groups excluding carboxylic acids is 3. The van der Waals surface area contributed by atoms with Crippen molar-refractivity contribution in [3.05, 3.63) is 71.6 Å². The number of aryl methyl sites for hydroxylation is 1. The van der Waals surface area contributed by atoms with Gasteiger partial charge in [-0.1, -0.05) is 36.4 Å². The van der Waals surface area contributed by atoms with E-state index in [1.807, 2.05) is 25.1 Å².